The number of hydrogen-bond donors (Lipinski definition) is 1. The monoisotopic (exact) mass is 293 g/mol. The number of carboxylic acids is 1. The summed E-state index contributed by atoms with van der Waals surface area (Å²) >= 11 is 0. The van der Waals surface area contributed by atoms with E-state index in [9.17, 15) is 4.79 Å². The Labute approximate surface area is 128 Å². The van der Waals surface area contributed by atoms with Crippen molar-refractivity contribution in [3.05, 3.63) is 65.2 Å². The predicted octanol–water partition coefficient (Wildman–Crippen LogP) is 4.03. The lowest BCUT2D eigenvalue weighted by Gasteiger charge is -2.06. The van der Waals surface area contributed by atoms with Crippen LogP contribution in [-0.4, -0.2) is 11.1 Å². The fraction of sp³-hybridized carbons (Fsp3) is 0.111. The molecule has 0 saturated carbocycles. The third kappa shape index (κ3) is 3.97. The molecule has 0 fully saturated rings. The van der Waals surface area contributed by atoms with E-state index in [4.69, 9.17) is 15.1 Å². The van der Waals surface area contributed by atoms with Gasteiger partial charge < -0.3 is 9.84 Å². The molecule has 4 nitrogen and oxygen atoms in total. The fourth-order valence-corrected chi connectivity index (χ4v) is 1.87. The molecule has 0 bridgehead atoms. The zero-order chi connectivity index (χ0) is 15.9. The summed E-state index contributed by atoms with van der Waals surface area (Å²) in [6.07, 6.45) is 2.30. The maximum absolute atomic E-state index is 10.8. The van der Waals surface area contributed by atoms with Crippen molar-refractivity contribution in [3.63, 3.8) is 0 Å². The normalized spacial score (nSPS) is 10.8. The van der Waals surface area contributed by atoms with Crippen LogP contribution >= 0.6 is 0 Å². The molecular formula is C18H15NO3. The van der Waals surface area contributed by atoms with Crippen LogP contribution in [-0.2, 0) is 11.2 Å². The van der Waals surface area contributed by atoms with Crippen LogP contribution < -0.4 is 4.74 Å². The summed E-state index contributed by atoms with van der Waals surface area (Å²) in [4.78, 5) is 10.8. The van der Waals surface area contributed by atoms with Crippen LogP contribution in [0.25, 0.3) is 6.08 Å². The van der Waals surface area contributed by atoms with E-state index in [1.807, 2.05) is 24.3 Å². The van der Waals surface area contributed by atoms with E-state index in [1.54, 1.807) is 30.3 Å². The molecule has 0 spiro atoms. The molecule has 0 unspecified atom stereocenters. The summed E-state index contributed by atoms with van der Waals surface area (Å²) < 4.78 is 5.71. The predicted molar refractivity (Wildman–Crippen MR) is 83.6 cm³/mol. The van der Waals surface area contributed by atoms with Crippen molar-refractivity contribution in [3.8, 4) is 17.6 Å². The minimum atomic E-state index is -1.24. The van der Waals surface area contributed by atoms with E-state index in [-0.39, 0.29) is 5.57 Å². The average Bonchev–Trinajstić information content (AvgIpc) is 2.54. The molecule has 0 aromatic heterocycles. The fourth-order valence-electron chi connectivity index (χ4n) is 1.87. The van der Waals surface area contributed by atoms with Crippen LogP contribution in [0.2, 0.25) is 0 Å². The number of hydrogen-bond acceptors (Lipinski definition) is 3. The second kappa shape index (κ2) is 7.09. The molecule has 0 atom stereocenters. The van der Waals surface area contributed by atoms with E-state index < -0.39 is 5.97 Å². The highest BCUT2D eigenvalue weighted by Crippen LogP contribution is 2.22. The summed E-state index contributed by atoms with van der Waals surface area (Å²) in [5.41, 5.74) is 1.57. The smallest absolute Gasteiger partial charge is 0.346 e. The van der Waals surface area contributed by atoms with Crippen molar-refractivity contribution >= 4 is 12.0 Å². The Bertz CT molecular complexity index is 722. The lowest BCUT2D eigenvalue weighted by molar-refractivity contribution is -0.132. The number of rotatable bonds is 5. The van der Waals surface area contributed by atoms with Gasteiger partial charge in [0.1, 0.15) is 23.1 Å². The Kier molecular flexibility index (Phi) is 4.94. The number of aliphatic carboxylic acids is 1. The molecule has 0 aliphatic heterocycles. The number of aryl methyl sites for hydroxylation is 1. The zero-order valence-corrected chi connectivity index (χ0v) is 12.1. The molecule has 2 aromatic rings. The summed E-state index contributed by atoms with van der Waals surface area (Å²) in [5, 5.41) is 17.5. The highest BCUT2D eigenvalue weighted by molar-refractivity contribution is 5.96. The van der Waals surface area contributed by atoms with Gasteiger partial charge in [0.15, 0.2) is 0 Å². The van der Waals surface area contributed by atoms with Gasteiger partial charge in [-0.05, 0) is 47.9 Å². The molecule has 0 radical (unpaired) electrons. The van der Waals surface area contributed by atoms with Crippen LogP contribution in [0, 0.1) is 11.3 Å². The highest BCUT2D eigenvalue weighted by atomic mass is 16.5. The standard InChI is InChI=1S/C18H15NO3/c1-2-13-3-7-16(8-4-13)22-17-9-5-14(6-10-17)11-15(12-19)18(20)21/h3-11H,2H2,1H3,(H,20,21). The van der Waals surface area contributed by atoms with Crippen LogP contribution in [0.4, 0.5) is 0 Å². The van der Waals surface area contributed by atoms with Crippen molar-refractivity contribution in [2.24, 2.45) is 0 Å². The van der Waals surface area contributed by atoms with E-state index >= 15 is 0 Å². The highest BCUT2D eigenvalue weighted by Gasteiger charge is 2.05. The van der Waals surface area contributed by atoms with Crippen molar-refractivity contribution in [1.82, 2.24) is 0 Å². The Balaban J connectivity index is 2.11. The topological polar surface area (TPSA) is 70.3 Å². The molecule has 2 aromatic carbocycles. The van der Waals surface area contributed by atoms with Gasteiger partial charge in [-0.2, -0.15) is 5.26 Å². The van der Waals surface area contributed by atoms with Gasteiger partial charge in [-0.25, -0.2) is 4.79 Å². The third-order valence-electron chi connectivity index (χ3n) is 3.11. The van der Waals surface area contributed by atoms with Crippen molar-refractivity contribution in [2.45, 2.75) is 13.3 Å². The van der Waals surface area contributed by atoms with Gasteiger partial charge in [-0.3, -0.25) is 0 Å². The van der Waals surface area contributed by atoms with Crippen LogP contribution in [0.3, 0.4) is 0 Å². The Morgan fingerprint density at radius 3 is 2.14 bits per heavy atom. The largest absolute Gasteiger partial charge is 0.477 e. The molecule has 1 N–H and O–H groups in total. The summed E-state index contributed by atoms with van der Waals surface area (Å²) in [6, 6.07) is 16.4. The molecule has 0 aliphatic carbocycles. The second-order valence-corrected chi connectivity index (χ2v) is 4.64. The van der Waals surface area contributed by atoms with E-state index in [1.165, 1.54) is 11.6 Å². The number of benzene rings is 2. The average molecular weight is 293 g/mol. The number of nitrogens with zero attached hydrogens (tertiary/aromatic N) is 1. The number of ether oxygens (including phenoxy) is 1. The number of carboxylic acid groups (broad SMARTS) is 1. The maximum Gasteiger partial charge on any atom is 0.346 e. The van der Waals surface area contributed by atoms with Gasteiger partial charge in [-0.1, -0.05) is 31.2 Å². The molecule has 0 saturated heterocycles. The quantitative estimate of drug-likeness (QED) is 0.667. The van der Waals surface area contributed by atoms with Crippen molar-refractivity contribution < 1.29 is 14.6 Å². The van der Waals surface area contributed by atoms with Gasteiger partial charge in [0.2, 0.25) is 0 Å². The first-order valence-corrected chi connectivity index (χ1v) is 6.84. The van der Waals surface area contributed by atoms with Gasteiger partial charge in [0, 0.05) is 0 Å². The molecule has 0 amide bonds. The van der Waals surface area contributed by atoms with E-state index in [0.29, 0.717) is 11.3 Å². The maximum atomic E-state index is 10.8. The first-order chi connectivity index (χ1) is 10.6. The zero-order valence-electron chi connectivity index (χ0n) is 12.1. The van der Waals surface area contributed by atoms with Crippen LogP contribution in [0.5, 0.6) is 11.5 Å². The van der Waals surface area contributed by atoms with Crippen molar-refractivity contribution in [2.75, 3.05) is 0 Å². The lowest BCUT2D eigenvalue weighted by Crippen LogP contribution is -1.97. The molecule has 2 rings (SSSR count). The Hall–Kier alpha value is -3.06. The second-order valence-electron chi connectivity index (χ2n) is 4.64. The Morgan fingerprint density at radius 1 is 1.14 bits per heavy atom. The summed E-state index contributed by atoms with van der Waals surface area (Å²) in [6.45, 7) is 2.09. The van der Waals surface area contributed by atoms with Crippen molar-refractivity contribution in [1.29, 1.82) is 5.26 Å². The van der Waals surface area contributed by atoms with Gasteiger partial charge in [0.25, 0.3) is 0 Å². The summed E-state index contributed by atoms with van der Waals surface area (Å²) in [7, 11) is 0. The third-order valence-corrected chi connectivity index (χ3v) is 3.11. The minimum Gasteiger partial charge on any atom is -0.477 e. The molecule has 0 aliphatic rings. The van der Waals surface area contributed by atoms with Gasteiger partial charge in [-0.15, -0.1) is 0 Å². The van der Waals surface area contributed by atoms with Gasteiger partial charge in [0.05, 0.1) is 0 Å². The van der Waals surface area contributed by atoms with E-state index in [2.05, 4.69) is 6.92 Å². The SMILES string of the molecule is CCc1ccc(Oc2ccc(C=C(C#N)C(=O)O)cc2)cc1. The minimum absolute atomic E-state index is 0.302. The molecule has 4 heteroatoms. The number of carbonyl (C=O) groups is 1. The van der Waals surface area contributed by atoms with E-state index in [0.717, 1.165) is 12.2 Å². The Morgan fingerprint density at radius 2 is 1.68 bits per heavy atom. The van der Waals surface area contributed by atoms with Gasteiger partial charge >= 0.3 is 5.97 Å². The first kappa shape index (κ1) is 15.3. The van der Waals surface area contributed by atoms with Crippen LogP contribution in [0.1, 0.15) is 18.1 Å². The molecule has 22 heavy (non-hydrogen) atoms. The van der Waals surface area contributed by atoms with Crippen LogP contribution in [0.15, 0.2) is 54.1 Å². The summed E-state index contributed by atoms with van der Waals surface area (Å²) in [5.74, 6) is 0.151. The number of nitriles is 1. The molecule has 0 heterocycles. The molecular weight excluding hydrogens is 278 g/mol. The molecule has 110 valence electrons. The first-order valence-electron chi connectivity index (χ1n) is 6.84. The lowest BCUT2D eigenvalue weighted by atomic mass is 10.1.